The van der Waals surface area contributed by atoms with Crippen molar-refractivity contribution in [3.05, 3.63) is 36.4 Å². The van der Waals surface area contributed by atoms with Crippen molar-refractivity contribution >= 4 is 57.7 Å². The first-order valence-corrected chi connectivity index (χ1v) is 11.7. The second-order valence-electron chi connectivity index (χ2n) is 7.05. The Hall–Kier alpha value is -3.25. The normalized spacial score (nSPS) is 13.1. The number of amides is 3. The van der Waals surface area contributed by atoms with Gasteiger partial charge in [0.05, 0.1) is 5.75 Å². The monoisotopic (exact) mass is 487 g/mol. The molecule has 4 N–H and O–H groups in total. The van der Waals surface area contributed by atoms with Crippen LogP contribution in [0.5, 0.6) is 0 Å². The number of carbonyl (C=O) groups excluding carboxylic acids is 3. The molecule has 1 aliphatic rings. The van der Waals surface area contributed by atoms with Gasteiger partial charge >= 0.3 is 0 Å². The second kappa shape index (κ2) is 12.1. The van der Waals surface area contributed by atoms with Gasteiger partial charge in [-0.3, -0.25) is 19.3 Å². The predicted molar refractivity (Wildman–Crippen MR) is 133 cm³/mol. The maximum atomic E-state index is 12.1. The number of nitrogens with one attached hydrogen (secondary N) is 4. The Morgan fingerprint density at radius 1 is 1.03 bits per heavy atom. The van der Waals surface area contributed by atoms with Crippen LogP contribution in [0, 0.1) is 0 Å². The van der Waals surface area contributed by atoms with Gasteiger partial charge in [0.15, 0.2) is 5.82 Å². The fourth-order valence-corrected chi connectivity index (χ4v) is 3.97. The number of thioether (sulfide) groups is 1. The first-order valence-electron chi connectivity index (χ1n) is 10.3. The molecule has 33 heavy (non-hydrogen) atoms. The number of anilines is 2. The summed E-state index contributed by atoms with van der Waals surface area (Å²) >= 11 is 6.35. The van der Waals surface area contributed by atoms with E-state index in [1.54, 1.807) is 6.07 Å². The summed E-state index contributed by atoms with van der Waals surface area (Å²) in [6.45, 7) is 3.14. The average Bonchev–Trinajstić information content (AvgIpc) is 3.12. The van der Waals surface area contributed by atoms with Gasteiger partial charge in [-0.15, -0.1) is 0 Å². The molecule has 12 heteroatoms. The zero-order chi connectivity index (χ0) is 23.6. The minimum atomic E-state index is -0.275. The maximum absolute atomic E-state index is 12.1. The molecule has 2 heterocycles. The van der Waals surface area contributed by atoms with Crippen LogP contribution < -0.4 is 21.3 Å². The van der Waals surface area contributed by atoms with E-state index in [4.69, 9.17) is 12.2 Å². The minimum absolute atomic E-state index is 0.0707. The molecule has 0 atom stereocenters. The first kappa shape index (κ1) is 24.4. The van der Waals surface area contributed by atoms with E-state index in [0.29, 0.717) is 48.0 Å². The number of benzene rings is 1. The van der Waals surface area contributed by atoms with Crippen molar-refractivity contribution < 1.29 is 14.4 Å². The standard InChI is InChI=1S/C21H25N7O3S2/c1-14(29)22-7-8-23-16-11-17(27-20(26-16)15-5-3-2-4-6-15)24-9-10-25-18(30)12-28-19(31)13-33-21(28)32/h2-6,11H,7-10,12-13H2,1H3,(H,22,29)(H,25,30)(H2,23,24,26,27). The quantitative estimate of drug-likeness (QED) is 0.272. The second-order valence-corrected chi connectivity index (χ2v) is 8.66. The van der Waals surface area contributed by atoms with Crippen LogP contribution >= 0.6 is 24.0 Å². The Kier molecular flexibility index (Phi) is 8.95. The third-order valence-electron chi connectivity index (χ3n) is 4.46. The zero-order valence-corrected chi connectivity index (χ0v) is 19.7. The molecule has 1 aromatic carbocycles. The molecule has 1 aromatic heterocycles. The van der Waals surface area contributed by atoms with Crippen LogP contribution in [0.15, 0.2) is 36.4 Å². The first-order chi connectivity index (χ1) is 15.9. The van der Waals surface area contributed by atoms with Crippen molar-refractivity contribution in [1.29, 1.82) is 0 Å². The molecule has 0 saturated carbocycles. The van der Waals surface area contributed by atoms with E-state index in [-0.39, 0.29) is 30.0 Å². The summed E-state index contributed by atoms with van der Waals surface area (Å²) in [6.07, 6.45) is 0. The van der Waals surface area contributed by atoms with Crippen LogP contribution in [0.25, 0.3) is 11.4 Å². The predicted octanol–water partition coefficient (Wildman–Crippen LogP) is 1.08. The van der Waals surface area contributed by atoms with Crippen LogP contribution in [0.4, 0.5) is 11.6 Å². The van der Waals surface area contributed by atoms with E-state index in [9.17, 15) is 14.4 Å². The van der Waals surface area contributed by atoms with Gasteiger partial charge in [-0.05, 0) is 0 Å². The highest BCUT2D eigenvalue weighted by Crippen LogP contribution is 2.20. The molecule has 2 aromatic rings. The number of hydrogen-bond acceptors (Lipinski definition) is 9. The summed E-state index contributed by atoms with van der Waals surface area (Å²) in [5.74, 6) is 1.52. The number of thiocarbonyl (C=S) groups is 1. The van der Waals surface area contributed by atoms with Crippen molar-refractivity contribution in [2.24, 2.45) is 0 Å². The molecule has 1 saturated heterocycles. The number of aromatic nitrogens is 2. The smallest absolute Gasteiger partial charge is 0.240 e. The fraction of sp³-hybridized carbons (Fsp3) is 0.333. The lowest BCUT2D eigenvalue weighted by atomic mass is 10.2. The van der Waals surface area contributed by atoms with Gasteiger partial charge in [0.25, 0.3) is 0 Å². The van der Waals surface area contributed by atoms with Crippen molar-refractivity contribution in [3.63, 3.8) is 0 Å². The van der Waals surface area contributed by atoms with Gasteiger partial charge in [-0.1, -0.05) is 54.3 Å². The lowest BCUT2D eigenvalue weighted by molar-refractivity contribution is -0.129. The molecule has 174 valence electrons. The largest absolute Gasteiger partial charge is 0.368 e. The summed E-state index contributed by atoms with van der Waals surface area (Å²) in [4.78, 5) is 45.3. The number of carbonyl (C=O) groups is 3. The van der Waals surface area contributed by atoms with E-state index in [1.807, 2.05) is 30.3 Å². The summed E-state index contributed by atoms with van der Waals surface area (Å²) in [6, 6.07) is 11.3. The highest BCUT2D eigenvalue weighted by atomic mass is 32.2. The Bertz CT molecular complexity index is 1000. The molecule has 1 fully saturated rings. The molecule has 3 amide bonds. The SMILES string of the molecule is CC(=O)NCCNc1cc(NCCNC(=O)CN2C(=O)CSC2=S)nc(-c2ccccc2)n1. The number of hydrogen-bond donors (Lipinski definition) is 4. The molecule has 1 aliphatic heterocycles. The lowest BCUT2D eigenvalue weighted by Gasteiger charge is -2.15. The van der Waals surface area contributed by atoms with Gasteiger partial charge in [0.2, 0.25) is 17.7 Å². The third kappa shape index (κ3) is 7.68. The minimum Gasteiger partial charge on any atom is -0.368 e. The molecular weight excluding hydrogens is 462 g/mol. The van der Waals surface area contributed by atoms with Crippen LogP contribution in [0.3, 0.4) is 0 Å². The Morgan fingerprint density at radius 3 is 2.24 bits per heavy atom. The van der Waals surface area contributed by atoms with Crippen LogP contribution in [0.1, 0.15) is 6.92 Å². The Labute approximate surface area is 201 Å². The van der Waals surface area contributed by atoms with E-state index in [0.717, 1.165) is 5.56 Å². The van der Waals surface area contributed by atoms with E-state index >= 15 is 0 Å². The molecule has 10 nitrogen and oxygen atoms in total. The Morgan fingerprint density at radius 2 is 1.67 bits per heavy atom. The summed E-state index contributed by atoms with van der Waals surface area (Å²) in [5, 5.41) is 11.9. The molecule has 0 aliphatic carbocycles. The van der Waals surface area contributed by atoms with Crippen LogP contribution in [0.2, 0.25) is 0 Å². The third-order valence-corrected chi connectivity index (χ3v) is 5.89. The highest BCUT2D eigenvalue weighted by Gasteiger charge is 2.28. The summed E-state index contributed by atoms with van der Waals surface area (Å²) in [5.41, 5.74) is 0.864. The summed E-state index contributed by atoms with van der Waals surface area (Å²) in [7, 11) is 0. The van der Waals surface area contributed by atoms with Crippen molar-refractivity contribution in [2.45, 2.75) is 6.92 Å². The van der Waals surface area contributed by atoms with Gasteiger partial charge in [0.1, 0.15) is 22.5 Å². The zero-order valence-electron chi connectivity index (χ0n) is 18.1. The number of nitrogens with zero attached hydrogens (tertiary/aromatic N) is 3. The van der Waals surface area contributed by atoms with E-state index in [2.05, 4.69) is 31.2 Å². The van der Waals surface area contributed by atoms with E-state index < -0.39 is 0 Å². The molecule has 0 bridgehead atoms. The molecule has 0 unspecified atom stereocenters. The van der Waals surface area contributed by atoms with Crippen LogP contribution in [-0.4, -0.2) is 75.4 Å². The van der Waals surface area contributed by atoms with Crippen molar-refractivity contribution in [2.75, 3.05) is 49.1 Å². The van der Waals surface area contributed by atoms with Gasteiger partial charge in [0, 0.05) is 44.7 Å². The van der Waals surface area contributed by atoms with Crippen LogP contribution in [-0.2, 0) is 14.4 Å². The van der Waals surface area contributed by atoms with Gasteiger partial charge in [-0.2, -0.15) is 0 Å². The lowest BCUT2D eigenvalue weighted by Crippen LogP contribution is -2.41. The van der Waals surface area contributed by atoms with Crippen molar-refractivity contribution in [1.82, 2.24) is 25.5 Å². The Balaban J connectivity index is 1.56. The maximum Gasteiger partial charge on any atom is 0.240 e. The molecule has 3 rings (SSSR count). The topological polar surface area (TPSA) is 128 Å². The molecular formula is C21H25N7O3S2. The molecule has 0 radical (unpaired) electrons. The van der Waals surface area contributed by atoms with Crippen molar-refractivity contribution in [3.8, 4) is 11.4 Å². The molecule has 0 spiro atoms. The number of rotatable bonds is 11. The van der Waals surface area contributed by atoms with Gasteiger partial charge < -0.3 is 21.3 Å². The average molecular weight is 488 g/mol. The van der Waals surface area contributed by atoms with E-state index in [1.165, 1.54) is 23.6 Å². The van der Waals surface area contributed by atoms with Gasteiger partial charge in [-0.25, -0.2) is 9.97 Å². The fourth-order valence-electron chi connectivity index (χ4n) is 2.90. The highest BCUT2D eigenvalue weighted by molar-refractivity contribution is 8.23. The summed E-state index contributed by atoms with van der Waals surface area (Å²) < 4.78 is 0.432.